The maximum absolute atomic E-state index is 9.45. The average Bonchev–Trinajstić information content (AvgIpc) is 3.34. The zero-order valence-electron chi connectivity index (χ0n) is 17.5. The second-order valence-corrected chi connectivity index (χ2v) is 11.1. The van der Waals surface area contributed by atoms with Crippen molar-refractivity contribution in [3.8, 4) is 0 Å². The predicted octanol–water partition coefficient (Wildman–Crippen LogP) is 4.93. The number of fused-ring (bicyclic) bond motifs is 2. The van der Waals surface area contributed by atoms with Gasteiger partial charge < -0.3 is 10.4 Å². The number of pyridine rings is 1. The van der Waals surface area contributed by atoms with Crippen molar-refractivity contribution in [2.24, 2.45) is 5.92 Å². The maximum Gasteiger partial charge on any atom is 0.102 e. The van der Waals surface area contributed by atoms with Gasteiger partial charge in [-0.3, -0.25) is 4.90 Å². The van der Waals surface area contributed by atoms with E-state index < -0.39 is 0 Å². The molecule has 2 N–H and O–H groups in total. The number of aliphatic hydroxyl groups excluding tert-OH is 1. The van der Waals surface area contributed by atoms with E-state index in [9.17, 15) is 5.11 Å². The summed E-state index contributed by atoms with van der Waals surface area (Å²) in [7, 11) is 0. The number of aromatic nitrogens is 2. The first kappa shape index (κ1) is 20.2. The zero-order chi connectivity index (χ0) is 20.7. The standard InChI is InChI=1S/C23H28N4OS2/c1-15-18(4-3-9-27(15)10-11-28)23(2)13-17-19(7-8-24-22(17)30-23)26-16-5-6-21-20(12-16)25-14-29-21/h5-8,12,14-15,18,28H,3-4,9-11,13H2,1-2H3,(H,24,26)/t15-,18-,23?/m1/s1. The number of thiazole rings is 1. The van der Waals surface area contributed by atoms with Crippen molar-refractivity contribution in [1.29, 1.82) is 0 Å². The van der Waals surface area contributed by atoms with E-state index in [1.165, 1.54) is 23.1 Å². The van der Waals surface area contributed by atoms with Crippen LogP contribution in [0, 0.1) is 5.92 Å². The maximum atomic E-state index is 9.45. The van der Waals surface area contributed by atoms with E-state index in [1.807, 2.05) is 23.5 Å². The number of nitrogens with one attached hydrogen (secondary N) is 1. The topological polar surface area (TPSA) is 61.3 Å². The SMILES string of the molecule is C[C@@H]1[C@H](C2(C)Cc3c(Nc4ccc5scnc5c4)ccnc3S2)CCCN1CCO. The highest BCUT2D eigenvalue weighted by Crippen LogP contribution is 2.53. The molecule has 1 fully saturated rings. The molecule has 2 aliphatic rings. The normalized spacial score (nSPS) is 26.8. The number of nitrogens with zero attached hydrogens (tertiary/aromatic N) is 3. The molecule has 4 heterocycles. The van der Waals surface area contributed by atoms with Crippen molar-refractivity contribution < 1.29 is 5.11 Å². The van der Waals surface area contributed by atoms with Gasteiger partial charge in [0.25, 0.3) is 0 Å². The second kappa shape index (κ2) is 8.11. The Balaban J connectivity index is 1.40. The van der Waals surface area contributed by atoms with Crippen LogP contribution in [0.5, 0.6) is 0 Å². The van der Waals surface area contributed by atoms with Gasteiger partial charge in [-0.15, -0.1) is 11.3 Å². The van der Waals surface area contributed by atoms with Gasteiger partial charge in [0.15, 0.2) is 0 Å². The largest absolute Gasteiger partial charge is 0.395 e. The third-order valence-corrected chi connectivity index (χ3v) is 9.04. The van der Waals surface area contributed by atoms with Crippen molar-refractivity contribution in [3.05, 3.63) is 41.5 Å². The number of β-amino-alcohol motifs (C(OH)–C–C–N with tert-alkyl or cyclic N) is 1. The van der Waals surface area contributed by atoms with Crippen molar-refractivity contribution in [2.45, 2.75) is 48.9 Å². The van der Waals surface area contributed by atoms with Crippen LogP contribution in [0.1, 0.15) is 32.3 Å². The third-order valence-electron chi connectivity index (χ3n) is 6.77. The molecule has 0 saturated carbocycles. The van der Waals surface area contributed by atoms with Gasteiger partial charge in [-0.25, -0.2) is 9.97 Å². The number of rotatable bonds is 5. The van der Waals surface area contributed by atoms with Crippen molar-refractivity contribution in [1.82, 2.24) is 14.9 Å². The fourth-order valence-electron chi connectivity index (χ4n) is 5.23. The molecule has 0 spiro atoms. The first-order valence-electron chi connectivity index (χ1n) is 10.7. The number of thioether (sulfide) groups is 1. The van der Waals surface area contributed by atoms with Gasteiger partial charge >= 0.3 is 0 Å². The molecule has 0 bridgehead atoms. The minimum Gasteiger partial charge on any atom is -0.395 e. The van der Waals surface area contributed by atoms with Crippen LogP contribution >= 0.6 is 23.1 Å². The van der Waals surface area contributed by atoms with Gasteiger partial charge in [0.2, 0.25) is 0 Å². The van der Waals surface area contributed by atoms with E-state index in [0.29, 0.717) is 12.0 Å². The molecule has 7 heteroatoms. The van der Waals surface area contributed by atoms with E-state index in [1.54, 1.807) is 11.3 Å². The molecule has 2 aromatic heterocycles. The summed E-state index contributed by atoms with van der Waals surface area (Å²) in [5, 5.41) is 14.2. The summed E-state index contributed by atoms with van der Waals surface area (Å²) < 4.78 is 1.34. The molecule has 0 amide bonds. The van der Waals surface area contributed by atoms with Gasteiger partial charge in [0, 0.05) is 40.5 Å². The Kier molecular flexibility index (Phi) is 5.47. The monoisotopic (exact) mass is 440 g/mol. The Morgan fingerprint density at radius 1 is 1.30 bits per heavy atom. The van der Waals surface area contributed by atoms with Crippen molar-refractivity contribution >= 4 is 44.7 Å². The predicted molar refractivity (Wildman–Crippen MR) is 126 cm³/mol. The Morgan fingerprint density at radius 3 is 3.07 bits per heavy atom. The highest BCUT2D eigenvalue weighted by atomic mass is 32.2. The number of benzene rings is 1. The molecule has 5 rings (SSSR count). The van der Waals surface area contributed by atoms with Crippen LogP contribution in [-0.2, 0) is 6.42 Å². The van der Waals surface area contributed by atoms with Gasteiger partial charge in [-0.2, -0.15) is 0 Å². The molecule has 2 aliphatic heterocycles. The van der Waals surface area contributed by atoms with E-state index in [2.05, 4.69) is 53.3 Å². The van der Waals surface area contributed by atoms with Gasteiger partial charge in [-0.05, 0) is 69.8 Å². The van der Waals surface area contributed by atoms with Crippen LogP contribution in [0.2, 0.25) is 0 Å². The summed E-state index contributed by atoms with van der Waals surface area (Å²) in [6.45, 7) is 6.85. The smallest absolute Gasteiger partial charge is 0.102 e. The summed E-state index contributed by atoms with van der Waals surface area (Å²) in [5.41, 5.74) is 6.48. The molecule has 5 nitrogen and oxygen atoms in total. The van der Waals surface area contributed by atoms with Crippen LogP contribution in [-0.4, -0.2) is 50.5 Å². The molecule has 1 saturated heterocycles. The Hall–Kier alpha value is -1.67. The lowest BCUT2D eigenvalue weighted by molar-refractivity contribution is 0.0688. The van der Waals surface area contributed by atoms with E-state index in [0.717, 1.165) is 41.4 Å². The molecular formula is C23H28N4OS2. The zero-order valence-corrected chi connectivity index (χ0v) is 19.1. The number of anilines is 2. The average molecular weight is 441 g/mol. The molecule has 3 aromatic rings. The molecule has 0 radical (unpaired) electrons. The van der Waals surface area contributed by atoms with Crippen molar-refractivity contribution in [3.63, 3.8) is 0 Å². The first-order valence-corrected chi connectivity index (χ1v) is 12.4. The Bertz CT molecular complexity index is 1050. The summed E-state index contributed by atoms with van der Waals surface area (Å²) in [4.78, 5) is 11.6. The second-order valence-electron chi connectivity index (χ2n) is 8.64. The fourth-order valence-corrected chi connectivity index (χ4v) is 7.43. The lowest BCUT2D eigenvalue weighted by atomic mass is 9.77. The summed E-state index contributed by atoms with van der Waals surface area (Å²) in [5.74, 6) is 0.580. The van der Waals surface area contributed by atoms with E-state index in [4.69, 9.17) is 4.98 Å². The molecule has 3 atom stereocenters. The van der Waals surface area contributed by atoms with Crippen LogP contribution in [0.15, 0.2) is 41.0 Å². The van der Waals surface area contributed by atoms with Crippen molar-refractivity contribution in [2.75, 3.05) is 25.0 Å². The molecular weight excluding hydrogens is 412 g/mol. The number of likely N-dealkylation sites (tertiary alicyclic amines) is 1. The van der Waals surface area contributed by atoms with Crippen LogP contribution in [0.3, 0.4) is 0 Å². The number of piperidine rings is 1. The van der Waals surface area contributed by atoms with Crippen LogP contribution in [0.4, 0.5) is 11.4 Å². The van der Waals surface area contributed by atoms with Crippen LogP contribution < -0.4 is 5.32 Å². The molecule has 1 unspecified atom stereocenters. The molecule has 158 valence electrons. The highest BCUT2D eigenvalue weighted by Gasteiger charge is 2.46. The summed E-state index contributed by atoms with van der Waals surface area (Å²) in [6.07, 6.45) is 5.38. The number of hydrogen-bond acceptors (Lipinski definition) is 7. The summed E-state index contributed by atoms with van der Waals surface area (Å²) >= 11 is 3.62. The number of aliphatic hydroxyl groups is 1. The third kappa shape index (κ3) is 3.62. The summed E-state index contributed by atoms with van der Waals surface area (Å²) in [6, 6.07) is 8.95. The fraction of sp³-hybridized carbons (Fsp3) is 0.478. The Labute approximate surface area is 185 Å². The Morgan fingerprint density at radius 2 is 2.20 bits per heavy atom. The lowest BCUT2D eigenvalue weighted by Gasteiger charge is -2.46. The lowest BCUT2D eigenvalue weighted by Crippen LogP contribution is -2.51. The first-order chi connectivity index (χ1) is 14.6. The number of hydrogen-bond donors (Lipinski definition) is 2. The van der Waals surface area contributed by atoms with Crippen LogP contribution in [0.25, 0.3) is 10.2 Å². The van der Waals surface area contributed by atoms with Gasteiger partial charge in [-0.1, -0.05) is 11.8 Å². The minimum atomic E-state index is 0.125. The van der Waals surface area contributed by atoms with E-state index >= 15 is 0 Å². The molecule has 1 aromatic carbocycles. The quantitative estimate of drug-likeness (QED) is 0.586. The minimum absolute atomic E-state index is 0.125. The van der Waals surface area contributed by atoms with Gasteiger partial charge in [0.1, 0.15) is 5.03 Å². The van der Waals surface area contributed by atoms with E-state index in [-0.39, 0.29) is 11.4 Å². The van der Waals surface area contributed by atoms with Gasteiger partial charge in [0.05, 0.1) is 22.3 Å². The molecule has 0 aliphatic carbocycles. The highest BCUT2D eigenvalue weighted by molar-refractivity contribution is 8.01. The molecule has 30 heavy (non-hydrogen) atoms.